The van der Waals surface area contributed by atoms with Gasteiger partial charge >= 0.3 is 0 Å². The van der Waals surface area contributed by atoms with Gasteiger partial charge in [-0.3, -0.25) is 0 Å². The van der Waals surface area contributed by atoms with Crippen LogP contribution in [-0.2, 0) is 9.47 Å². The molecule has 1 atom stereocenters. The highest BCUT2D eigenvalue weighted by Gasteiger charge is 2.42. The summed E-state index contributed by atoms with van der Waals surface area (Å²) < 4.78 is 16.3. The van der Waals surface area contributed by atoms with Gasteiger partial charge in [-0.15, -0.1) is 0 Å². The van der Waals surface area contributed by atoms with Crippen LogP contribution in [0.4, 0.5) is 0 Å². The maximum absolute atomic E-state index is 10.3. The van der Waals surface area contributed by atoms with E-state index in [-0.39, 0.29) is 0 Å². The molecule has 1 fully saturated rings. The topological polar surface area (TPSA) is 51.8 Å². The Morgan fingerprint density at radius 2 is 2.25 bits per heavy atom. The van der Waals surface area contributed by atoms with E-state index in [1.54, 1.807) is 18.4 Å². The molecule has 1 aliphatic rings. The molecule has 1 saturated heterocycles. The van der Waals surface area contributed by atoms with E-state index >= 15 is 0 Å². The van der Waals surface area contributed by atoms with Crippen molar-refractivity contribution in [2.75, 3.05) is 19.8 Å². The van der Waals surface area contributed by atoms with Gasteiger partial charge in [-0.05, 0) is 19.1 Å². The van der Waals surface area contributed by atoms with E-state index in [0.717, 1.165) is 0 Å². The molecule has 1 aliphatic heterocycles. The van der Waals surface area contributed by atoms with Crippen LogP contribution in [0.15, 0.2) is 22.8 Å². The van der Waals surface area contributed by atoms with Gasteiger partial charge in [0, 0.05) is 32.7 Å². The van der Waals surface area contributed by atoms with Crippen LogP contribution in [0, 0.1) is 0 Å². The Bertz CT molecular complexity index is 295. The predicted octanol–water partition coefficient (Wildman–Crippen LogP) is 1.90. The van der Waals surface area contributed by atoms with E-state index in [4.69, 9.17) is 13.9 Å². The summed E-state index contributed by atoms with van der Waals surface area (Å²) in [6.07, 6.45) is 2.24. The Labute approximate surface area is 95.2 Å². The molecule has 0 spiro atoms. The molecule has 0 bridgehead atoms. The number of rotatable bonds is 4. The van der Waals surface area contributed by atoms with Crippen LogP contribution >= 0.6 is 0 Å². The van der Waals surface area contributed by atoms with Gasteiger partial charge in [-0.1, -0.05) is 0 Å². The molecule has 2 heterocycles. The molecule has 2 rings (SSSR count). The van der Waals surface area contributed by atoms with Gasteiger partial charge in [-0.25, -0.2) is 0 Å². The Balaban J connectivity index is 2.17. The molecule has 4 nitrogen and oxygen atoms in total. The molecule has 4 heteroatoms. The molecule has 0 aliphatic carbocycles. The van der Waals surface area contributed by atoms with E-state index in [1.807, 2.05) is 6.92 Å². The molecule has 16 heavy (non-hydrogen) atoms. The van der Waals surface area contributed by atoms with Crippen LogP contribution in [0.3, 0.4) is 0 Å². The average molecular weight is 226 g/mol. The van der Waals surface area contributed by atoms with Gasteiger partial charge < -0.3 is 19.0 Å². The van der Waals surface area contributed by atoms with E-state index in [9.17, 15) is 5.11 Å². The third-order valence-electron chi connectivity index (χ3n) is 3.08. The summed E-state index contributed by atoms with van der Waals surface area (Å²) in [5.41, 5.74) is -0.551. The molecule has 1 N–H and O–H groups in total. The SMILES string of the molecule is CCOC1(C(O)c2ccco2)CCOCC1. The van der Waals surface area contributed by atoms with Crippen LogP contribution < -0.4 is 0 Å². The number of furan rings is 1. The van der Waals surface area contributed by atoms with Gasteiger partial charge in [0.2, 0.25) is 0 Å². The van der Waals surface area contributed by atoms with E-state index in [1.165, 1.54) is 0 Å². The first-order valence-electron chi connectivity index (χ1n) is 5.72. The first kappa shape index (κ1) is 11.6. The van der Waals surface area contributed by atoms with Gasteiger partial charge in [0.1, 0.15) is 17.5 Å². The first-order valence-corrected chi connectivity index (χ1v) is 5.72. The molecule has 0 saturated carbocycles. The Morgan fingerprint density at radius 3 is 2.81 bits per heavy atom. The lowest BCUT2D eigenvalue weighted by Crippen LogP contribution is -2.44. The monoisotopic (exact) mass is 226 g/mol. The molecule has 0 aromatic carbocycles. The lowest BCUT2D eigenvalue weighted by Gasteiger charge is -2.39. The average Bonchev–Trinajstić information content (AvgIpc) is 2.83. The lowest BCUT2D eigenvalue weighted by molar-refractivity contribution is -0.172. The quantitative estimate of drug-likeness (QED) is 0.852. The van der Waals surface area contributed by atoms with Crippen molar-refractivity contribution < 1.29 is 19.0 Å². The molecule has 90 valence electrons. The van der Waals surface area contributed by atoms with Crippen molar-refractivity contribution in [2.24, 2.45) is 0 Å². The maximum Gasteiger partial charge on any atom is 0.141 e. The van der Waals surface area contributed by atoms with Gasteiger partial charge in [0.05, 0.1) is 6.26 Å². The summed E-state index contributed by atoms with van der Waals surface area (Å²) in [4.78, 5) is 0. The summed E-state index contributed by atoms with van der Waals surface area (Å²) >= 11 is 0. The fraction of sp³-hybridized carbons (Fsp3) is 0.667. The second-order valence-electron chi connectivity index (χ2n) is 4.03. The fourth-order valence-corrected chi connectivity index (χ4v) is 2.21. The first-order chi connectivity index (χ1) is 7.78. The maximum atomic E-state index is 10.3. The minimum Gasteiger partial charge on any atom is -0.466 e. The number of aliphatic hydroxyl groups excluding tert-OH is 1. The fourth-order valence-electron chi connectivity index (χ4n) is 2.21. The zero-order valence-corrected chi connectivity index (χ0v) is 9.52. The van der Waals surface area contributed by atoms with Crippen molar-refractivity contribution in [1.82, 2.24) is 0 Å². The third kappa shape index (κ3) is 2.14. The largest absolute Gasteiger partial charge is 0.466 e. The highest BCUT2D eigenvalue weighted by atomic mass is 16.5. The van der Waals surface area contributed by atoms with E-state index in [0.29, 0.717) is 38.4 Å². The Morgan fingerprint density at radius 1 is 1.50 bits per heavy atom. The molecular formula is C12H18O4. The molecule has 1 unspecified atom stereocenters. The summed E-state index contributed by atoms with van der Waals surface area (Å²) in [6, 6.07) is 3.55. The number of hydrogen-bond acceptors (Lipinski definition) is 4. The molecule has 1 aromatic rings. The van der Waals surface area contributed by atoms with E-state index in [2.05, 4.69) is 0 Å². The van der Waals surface area contributed by atoms with E-state index < -0.39 is 11.7 Å². The summed E-state index contributed by atoms with van der Waals surface area (Å²) in [7, 11) is 0. The summed E-state index contributed by atoms with van der Waals surface area (Å²) in [6.45, 7) is 3.76. The van der Waals surface area contributed by atoms with Crippen molar-refractivity contribution in [3.05, 3.63) is 24.2 Å². The summed E-state index contributed by atoms with van der Waals surface area (Å²) in [5.74, 6) is 0.565. The van der Waals surface area contributed by atoms with Crippen LogP contribution in [0.25, 0.3) is 0 Å². The standard InChI is InChI=1S/C12H18O4/c1-2-16-12(5-8-14-9-6-12)11(13)10-4-3-7-15-10/h3-4,7,11,13H,2,5-6,8-9H2,1H3. The molecular weight excluding hydrogens is 208 g/mol. The zero-order valence-electron chi connectivity index (χ0n) is 9.52. The minimum atomic E-state index is -0.716. The minimum absolute atomic E-state index is 0.551. The third-order valence-corrected chi connectivity index (χ3v) is 3.08. The van der Waals surface area contributed by atoms with Crippen LogP contribution in [0.1, 0.15) is 31.6 Å². The Kier molecular flexibility index (Phi) is 3.63. The molecule has 1 aromatic heterocycles. The van der Waals surface area contributed by atoms with Gasteiger partial charge in [-0.2, -0.15) is 0 Å². The Hall–Kier alpha value is -0.840. The van der Waals surface area contributed by atoms with Gasteiger partial charge in [0.25, 0.3) is 0 Å². The summed E-state index contributed by atoms with van der Waals surface area (Å²) in [5, 5.41) is 10.3. The highest BCUT2D eigenvalue weighted by molar-refractivity contribution is 5.08. The number of hydrogen-bond donors (Lipinski definition) is 1. The molecule has 0 amide bonds. The van der Waals surface area contributed by atoms with Gasteiger partial charge in [0.15, 0.2) is 0 Å². The molecule has 0 radical (unpaired) electrons. The predicted molar refractivity (Wildman–Crippen MR) is 58.1 cm³/mol. The van der Waals surface area contributed by atoms with Crippen molar-refractivity contribution in [2.45, 2.75) is 31.5 Å². The van der Waals surface area contributed by atoms with Crippen LogP contribution in [-0.4, -0.2) is 30.5 Å². The lowest BCUT2D eigenvalue weighted by atomic mass is 9.86. The van der Waals surface area contributed by atoms with Crippen molar-refractivity contribution in [3.8, 4) is 0 Å². The van der Waals surface area contributed by atoms with Crippen molar-refractivity contribution in [3.63, 3.8) is 0 Å². The number of aliphatic hydroxyl groups is 1. The van der Waals surface area contributed by atoms with Crippen molar-refractivity contribution in [1.29, 1.82) is 0 Å². The van der Waals surface area contributed by atoms with Crippen LogP contribution in [0.2, 0.25) is 0 Å². The smallest absolute Gasteiger partial charge is 0.141 e. The van der Waals surface area contributed by atoms with Crippen LogP contribution in [0.5, 0.6) is 0 Å². The number of ether oxygens (including phenoxy) is 2. The normalized spacial score (nSPS) is 21.9. The zero-order chi connectivity index (χ0) is 11.4. The highest BCUT2D eigenvalue weighted by Crippen LogP contribution is 2.37. The second kappa shape index (κ2) is 4.99. The second-order valence-corrected chi connectivity index (χ2v) is 4.03. The van der Waals surface area contributed by atoms with Crippen molar-refractivity contribution >= 4 is 0 Å².